The van der Waals surface area contributed by atoms with Crippen molar-refractivity contribution in [1.82, 2.24) is 15.2 Å². The summed E-state index contributed by atoms with van der Waals surface area (Å²) in [4.78, 5) is 16.1. The number of hydrogen-bond donors (Lipinski definition) is 2. The van der Waals surface area contributed by atoms with Crippen LogP contribution >= 0.6 is 11.3 Å². The summed E-state index contributed by atoms with van der Waals surface area (Å²) in [5.74, 6) is 0.537. The van der Waals surface area contributed by atoms with Crippen molar-refractivity contribution in [3.8, 4) is 0 Å². The average molecular weight is 326 g/mol. The highest BCUT2D eigenvalue weighted by Gasteiger charge is 2.07. The molecule has 0 bridgehead atoms. The lowest BCUT2D eigenvalue weighted by Gasteiger charge is -2.00. The number of aryl methyl sites for hydroxylation is 3. The third-order valence-corrected chi connectivity index (χ3v) is 4.15. The van der Waals surface area contributed by atoms with E-state index in [9.17, 15) is 4.79 Å². The number of carbonyl (C=O) groups is 1. The second-order valence-electron chi connectivity index (χ2n) is 5.29. The van der Waals surface area contributed by atoms with Gasteiger partial charge in [-0.3, -0.25) is 9.89 Å². The molecule has 118 valence electrons. The van der Waals surface area contributed by atoms with Gasteiger partial charge >= 0.3 is 0 Å². The molecule has 0 saturated heterocycles. The van der Waals surface area contributed by atoms with Gasteiger partial charge in [-0.25, -0.2) is 4.98 Å². The van der Waals surface area contributed by atoms with Gasteiger partial charge in [-0.2, -0.15) is 5.10 Å². The number of hydrogen-bond acceptors (Lipinski definition) is 4. The highest BCUT2D eigenvalue weighted by Crippen LogP contribution is 2.11. The number of aromatic nitrogens is 3. The first-order valence-corrected chi connectivity index (χ1v) is 8.49. The van der Waals surface area contributed by atoms with Crippen molar-refractivity contribution < 1.29 is 4.79 Å². The maximum atomic E-state index is 11.9. The number of thiazole rings is 1. The Morgan fingerprint density at radius 3 is 2.83 bits per heavy atom. The fourth-order valence-electron chi connectivity index (χ4n) is 2.29. The highest BCUT2D eigenvalue weighted by molar-refractivity contribution is 7.07. The smallest absolute Gasteiger partial charge is 0.225 e. The van der Waals surface area contributed by atoms with Crippen LogP contribution in [0.5, 0.6) is 0 Å². The Kier molecular flexibility index (Phi) is 5.16. The van der Waals surface area contributed by atoms with E-state index in [0.717, 1.165) is 24.2 Å². The predicted octanol–water partition coefficient (Wildman–Crippen LogP) is 3.22. The molecule has 2 N–H and O–H groups in total. The van der Waals surface area contributed by atoms with Gasteiger partial charge in [-0.1, -0.05) is 30.3 Å². The second-order valence-corrected chi connectivity index (χ2v) is 6.01. The zero-order chi connectivity index (χ0) is 15.9. The molecule has 2 heterocycles. The van der Waals surface area contributed by atoms with Crippen molar-refractivity contribution in [3.05, 3.63) is 64.2 Å². The predicted molar refractivity (Wildman–Crippen MR) is 91.5 cm³/mol. The van der Waals surface area contributed by atoms with Crippen molar-refractivity contribution >= 4 is 23.1 Å². The van der Waals surface area contributed by atoms with E-state index in [-0.39, 0.29) is 5.91 Å². The molecule has 3 aromatic rings. The lowest BCUT2D eigenvalue weighted by molar-refractivity contribution is -0.116. The van der Waals surface area contributed by atoms with Crippen molar-refractivity contribution in [2.45, 2.75) is 25.7 Å². The minimum absolute atomic E-state index is 0.0425. The Balaban J connectivity index is 1.46. The molecule has 0 aliphatic rings. The minimum atomic E-state index is -0.0425. The van der Waals surface area contributed by atoms with Crippen LogP contribution in [0, 0.1) is 0 Å². The summed E-state index contributed by atoms with van der Waals surface area (Å²) in [6.07, 6.45) is 2.88. The number of nitrogens with one attached hydrogen (secondary N) is 2. The molecule has 3 rings (SSSR count). The van der Waals surface area contributed by atoms with E-state index in [1.807, 2.05) is 29.6 Å². The summed E-state index contributed by atoms with van der Waals surface area (Å²) in [5, 5.41) is 11.9. The summed E-state index contributed by atoms with van der Waals surface area (Å²) < 4.78 is 0. The first-order chi connectivity index (χ1) is 11.3. The Hall–Kier alpha value is -2.47. The number of amides is 1. The Labute approximate surface area is 138 Å². The molecule has 0 unspecified atom stereocenters. The van der Waals surface area contributed by atoms with Gasteiger partial charge in [0.25, 0.3) is 0 Å². The van der Waals surface area contributed by atoms with Crippen molar-refractivity contribution in [2.75, 3.05) is 5.32 Å². The van der Waals surface area contributed by atoms with E-state index in [0.29, 0.717) is 18.7 Å². The van der Waals surface area contributed by atoms with Crippen LogP contribution in [0.15, 0.2) is 47.3 Å². The van der Waals surface area contributed by atoms with E-state index in [2.05, 4.69) is 32.6 Å². The lowest BCUT2D eigenvalue weighted by Crippen LogP contribution is -2.12. The molecule has 5 nitrogen and oxygen atoms in total. The highest BCUT2D eigenvalue weighted by atomic mass is 32.1. The molecule has 0 aliphatic carbocycles. The maximum Gasteiger partial charge on any atom is 0.225 e. The van der Waals surface area contributed by atoms with Crippen molar-refractivity contribution in [2.24, 2.45) is 0 Å². The lowest BCUT2D eigenvalue weighted by atomic mass is 10.1. The summed E-state index contributed by atoms with van der Waals surface area (Å²) >= 11 is 1.54. The Bertz CT molecular complexity index is 737. The number of aromatic amines is 1. The summed E-state index contributed by atoms with van der Waals surface area (Å²) in [6.45, 7) is 0. The molecule has 0 atom stereocenters. The van der Waals surface area contributed by atoms with Gasteiger partial charge in [0.15, 0.2) is 5.82 Å². The summed E-state index contributed by atoms with van der Waals surface area (Å²) in [6, 6.07) is 12.2. The molecule has 0 aliphatic heterocycles. The van der Waals surface area contributed by atoms with Gasteiger partial charge in [0, 0.05) is 23.6 Å². The van der Waals surface area contributed by atoms with Gasteiger partial charge in [0.2, 0.25) is 5.91 Å². The van der Waals surface area contributed by atoms with E-state index in [4.69, 9.17) is 0 Å². The van der Waals surface area contributed by atoms with Gasteiger partial charge in [-0.15, -0.1) is 11.3 Å². The zero-order valence-electron chi connectivity index (χ0n) is 12.7. The minimum Gasteiger partial charge on any atom is -0.309 e. The van der Waals surface area contributed by atoms with Crippen LogP contribution in [0.25, 0.3) is 0 Å². The average Bonchev–Trinajstić information content (AvgIpc) is 3.24. The second kappa shape index (κ2) is 7.69. The van der Waals surface area contributed by atoms with Crippen LogP contribution in [-0.4, -0.2) is 21.1 Å². The molecule has 0 radical (unpaired) electrons. The molecule has 0 fully saturated rings. The number of H-pyrrole nitrogens is 1. The van der Waals surface area contributed by atoms with Crippen molar-refractivity contribution in [3.63, 3.8) is 0 Å². The molecule has 6 heteroatoms. The number of benzene rings is 1. The Morgan fingerprint density at radius 2 is 2.04 bits per heavy atom. The van der Waals surface area contributed by atoms with E-state index in [1.54, 1.807) is 16.8 Å². The topological polar surface area (TPSA) is 70.7 Å². The fraction of sp³-hybridized carbons (Fsp3) is 0.235. The third-order valence-electron chi connectivity index (χ3n) is 3.52. The van der Waals surface area contributed by atoms with Gasteiger partial charge in [0.05, 0.1) is 11.2 Å². The summed E-state index contributed by atoms with van der Waals surface area (Å²) in [5.41, 5.74) is 5.04. The van der Waals surface area contributed by atoms with Crippen LogP contribution in [-0.2, 0) is 24.1 Å². The first-order valence-electron chi connectivity index (χ1n) is 7.55. The van der Waals surface area contributed by atoms with Crippen LogP contribution in [0.4, 0.5) is 5.82 Å². The normalized spacial score (nSPS) is 10.6. The molecule has 2 aromatic heterocycles. The first kappa shape index (κ1) is 15.4. The van der Waals surface area contributed by atoms with E-state index < -0.39 is 0 Å². The Morgan fingerprint density at radius 1 is 1.17 bits per heavy atom. The van der Waals surface area contributed by atoms with E-state index in [1.165, 1.54) is 5.56 Å². The molecular weight excluding hydrogens is 308 g/mol. The van der Waals surface area contributed by atoms with Crippen molar-refractivity contribution in [1.29, 1.82) is 0 Å². The fourth-order valence-corrected chi connectivity index (χ4v) is 2.88. The number of carbonyl (C=O) groups excluding carboxylic acids is 1. The third kappa shape index (κ3) is 4.75. The molecule has 23 heavy (non-hydrogen) atoms. The maximum absolute atomic E-state index is 11.9. The molecule has 1 aromatic carbocycles. The van der Waals surface area contributed by atoms with Crippen LogP contribution in [0.2, 0.25) is 0 Å². The van der Waals surface area contributed by atoms with Gasteiger partial charge in [0.1, 0.15) is 0 Å². The molecular formula is C17H18N4OS. The molecule has 0 spiro atoms. The molecule has 0 saturated carbocycles. The number of anilines is 1. The van der Waals surface area contributed by atoms with Gasteiger partial charge in [-0.05, 0) is 24.8 Å². The monoisotopic (exact) mass is 326 g/mol. The summed E-state index contributed by atoms with van der Waals surface area (Å²) in [7, 11) is 0. The molecule has 1 amide bonds. The van der Waals surface area contributed by atoms with Crippen LogP contribution < -0.4 is 5.32 Å². The number of nitrogens with zero attached hydrogens (tertiary/aromatic N) is 2. The standard InChI is InChI=1S/C17H18N4OS/c22-17(9-8-15-11-23-12-18-15)19-16-10-14(20-21-16)7-6-13-4-2-1-3-5-13/h1-5,10-12H,6-9H2,(H2,19,20,21,22). The van der Waals surface area contributed by atoms with Crippen LogP contribution in [0.1, 0.15) is 23.4 Å². The quantitative estimate of drug-likeness (QED) is 0.700. The van der Waals surface area contributed by atoms with Gasteiger partial charge < -0.3 is 5.32 Å². The van der Waals surface area contributed by atoms with E-state index >= 15 is 0 Å². The number of rotatable bonds is 7. The SMILES string of the molecule is O=C(CCc1cscn1)Nc1cc(CCc2ccccc2)[nH]n1. The largest absolute Gasteiger partial charge is 0.309 e. The zero-order valence-corrected chi connectivity index (χ0v) is 13.5. The van der Waals surface area contributed by atoms with Crippen LogP contribution in [0.3, 0.4) is 0 Å².